The van der Waals surface area contributed by atoms with Crippen LogP contribution in [0.25, 0.3) is 0 Å². The van der Waals surface area contributed by atoms with E-state index in [2.05, 4.69) is 20.4 Å². The molecule has 2 aliphatic carbocycles. The molecule has 1 aliphatic heterocycles. The minimum atomic E-state index is 0. The van der Waals surface area contributed by atoms with Crippen LogP contribution in [0.2, 0.25) is 0 Å². The van der Waals surface area contributed by atoms with Gasteiger partial charge < -0.3 is 15.1 Å². The van der Waals surface area contributed by atoms with Gasteiger partial charge in [0.15, 0.2) is 0 Å². The summed E-state index contributed by atoms with van der Waals surface area (Å²) in [5.41, 5.74) is 1.27. The van der Waals surface area contributed by atoms with Crippen LogP contribution in [0.3, 0.4) is 0 Å². The monoisotopic (exact) mass is 355 g/mol. The first-order valence-electron chi connectivity index (χ1n) is 9.63. The molecule has 3 fully saturated rings. The number of hydrogen-bond donors (Lipinski definition) is 1. The molecule has 0 bridgehead atoms. The Morgan fingerprint density at radius 1 is 1.32 bits per heavy atom. The number of nitrogens with two attached hydrogens (primary N) is 1. The summed E-state index contributed by atoms with van der Waals surface area (Å²) in [7, 11) is 0. The summed E-state index contributed by atoms with van der Waals surface area (Å²) in [5, 5.41) is 0. The van der Waals surface area contributed by atoms with Gasteiger partial charge in [0.1, 0.15) is 6.10 Å². The van der Waals surface area contributed by atoms with Gasteiger partial charge in [0.05, 0.1) is 12.0 Å². The molecule has 0 aromatic carbocycles. The number of allylic oxidation sites excluding steroid dienone is 1. The zero-order valence-corrected chi connectivity index (χ0v) is 16.1. The first-order valence-corrected chi connectivity index (χ1v) is 9.63. The Labute approximate surface area is 152 Å². The third-order valence-electron chi connectivity index (χ3n) is 6.18. The van der Waals surface area contributed by atoms with E-state index in [0.717, 1.165) is 19.3 Å². The molecule has 6 atom stereocenters. The average Bonchev–Trinajstić information content (AvgIpc) is 3.17. The highest BCUT2D eigenvalue weighted by atomic mass is 16.6. The molecule has 4 N–H and O–H groups in total. The van der Waals surface area contributed by atoms with E-state index in [4.69, 9.17) is 15.5 Å². The van der Waals surface area contributed by atoms with Gasteiger partial charge in [-0.2, -0.15) is 0 Å². The third-order valence-corrected chi connectivity index (χ3v) is 6.18. The van der Waals surface area contributed by atoms with Crippen LogP contribution in [0.1, 0.15) is 72.1 Å². The van der Waals surface area contributed by atoms with Crippen molar-refractivity contribution in [2.75, 3.05) is 0 Å². The van der Waals surface area contributed by atoms with E-state index >= 15 is 0 Å². The van der Waals surface area contributed by atoms with E-state index in [0.29, 0.717) is 23.9 Å². The van der Waals surface area contributed by atoms with Gasteiger partial charge in [-0.15, -0.1) is 0 Å². The van der Waals surface area contributed by atoms with Crippen LogP contribution in [-0.2, 0) is 14.4 Å². The summed E-state index contributed by atoms with van der Waals surface area (Å²) in [5.74, 6) is 7.35. The van der Waals surface area contributed by atoms with Crippen LogP contribution in [-0.4, -0.2) is 23.7 Å². The van der Waals surface area contributed by atoms with E-state index in [9.17, 15) is 4.79 Å². The molecule has 3 aliphatic rings. The van der Waals surface area contributed by atoms with Gasteiger partial charge in [-0.3, -0.25) is 4.79 Å². The summed E-state index contributed by atoms with van der Waals surface area (Å²) in [4.78, 5) is 16.1. The van der Waals surface area contributed by atoms with E-state index in [1.807, 2.05) is 6.92 Å². The van der Waals surface area contributed by atoms with Gasteiger partial charge in [-0.1, -0.05) is 32.4 Å². The number of ether oxygens (including phenoxy) is 1. The molecular formula is C20H37NO4. The summed E-state index contributed by atoms with van der Waals surface area (Å²) in [6.45, 7) is 10.3. The molecule has 25 heavy (non-hydrogen) atoms. The highest BCUT2D eigenvalue weighted by Crippen LogP contribution is 2.37. The Hall–Kier alpha value is -0.910. The molecule has 6 unspecified atom stereocenters. The van der Waals surface area contributed by atoms with Crippen LogP contribution >= 0.6 is 0 Å². The topological polar surface area (TPSA) is 93.1 Å². The van der Waals surface area contributed by atoms with Crippen molar-refractivity contribution in [3.05, 3.63) is 12.2 Å². The summed E-state index contributed by atoms with van der Waals surface area (Å²) < 4.78 is 5.28. The Kier molecular flexibility index (Phi) is 9.11. The summed E-state index contributed by atoms with van der Waals surface area (Å²) in [6, 6.07) is 0. The van der Waals surface area contributed by atoms with Crippen molar-refractivity contribution in [2.45, 2.75) is 84.3 Å². The largest absolute Gasteiger partial charge is 0.462 e. The molecule has 5 nitrogen and oxygen atoms in total. The lowest BCUT2D eigenvalue weighted by Gasteiger charge is -2.28. The van der Waals surface area contributed by atoms with Gasteiger partial charge in [-0.25, -0.2) is 5.90 Å². The van der Waals surface area contributed by atoms with E-state index < -0.39 is 0 Å². The predicted molar refractivity (Wildman–Crippen MR) is 99.6 cm³/mol. The molecule has 3 rings (SSSR count). The first-order chi connectivity index (χ1) is 11.4. The van der Waals surface area contributed by atoms with Crippen LogP contribution in [0, 0.1) is 23.7 Å². The molecule has 1 heterocycles. The van der Waals surface area contributed by atoms with Gasteiger partial charge >= 0.3 is 5.97 Å². The van der Waals surface area contributed by atoms with Crippen molar-refractivity contribution in [1.29, 1.82) is 0 Å². The second-order valence-corrected chi connectivity index (χ2v) is 8.15. The van der Waals surface area contributed by atoms with Crippen molar-refractivity contribution in [1.82, 2.24) is 0 Å². The SMILES string of the molecule is C=C(C)C(C)CC1CCCC1ON.CC1CC2CCCC2OC1=O.O. The lowest BCUT2D eigenvalue weighted by atomic mass is 9.89. The second kappa shape index (κ2) is 10.3. The zero-order chi connectivity index (χ0) is 17.7. The maximum atomic E-state index is 11.1. The van der Waals surface area contributed by atoms with Gasteiger partial charge in [0.25, 0.3) is 0 Å². The molecule has 0 radical (unpaired) electrons. The standard InChI is InChI=1S/C11H21NO.C9H14O2.H2O/c1-8(2)9(3)7-10-5-4-6-11(10)13-12;1-6-5-7-3-2-4-8(7)11-9(6)10;/h9-11H,1,4-7,12H2,2-3H3;6-8H,2-5H2,1H3;1H2. The third kappa shape index (κ3) is 6.08. The van der Waals surface area contributed by atoms with Crippen molar-refractivity contribution in [2.24, 2.45) is 29.6 Å². The molecule has 2 saturated carbocycles. The molecule has 146 valence electrons. The fourth-order valence-electron chi connectivity index (χ4n) is 4.35. The fourth-order valence-corrected chi connectivity index (χ4v) is 4.35. The predicted octanol–water partition coefficient (Wildman–Crippen LogP) is 3.56. The molecule has 0 spiro atoms. The minimum Gasteiger partial charge on any atom is -0.462 e. The molecule has 1 saturated heterocycles. The Balaban J connectivity index is 0.000000243. The molecular weight excluding hydrogens is 318 g/mol. The van der Waals surface area contributed by atoms with Crippen LogP contribution in [0.15, 0.2) is 12.2 Å². The van der Waals surface area contributed by atoms with Crippen molar-refractivity contribution in [3.8, 4) is 0 Å². The van der Waals surface area contributed by atoms with E-state index in [1.54, 1.807) is 0 Å². The number of carbonyl (C=O) groups is 1. The minimum absolute atomic E-state index is 0. The Morgan fingerprint density at radius 2 is 2.00 bits per heavy atom. The Bertz CT molecular complexity index is 439. The van der Waals surface area contributed by atoms with Crippen molar-refractivity contribution < 1.29 is 19.8 Å². The normalized spacial score (nSPS) is 34.9. The molecule has 5 heteroatoms. The van der Waals surface area contributed by atoms with Gasteiger partial charge in [0.2, 0.25) is 0 Å². The van der Waals surface area contributed by atoms with Crippen molar-refractivity contribution >= 4 is 5.97 Å². The van der Waals surface area contributed by atoms with Gasteiger partial charge in [-0.05, 0) is 69.6 Å². The lowest BCUT2D eigenvalue weighted by molar-refractivity contribution is -0.162. The lowest BCUT2D eigenvalue weighted by Crippen LogP contribution is -2.33. The number of carbonyl (C=O) groups excluding carboxylic acids is 1. The van der Waals surface area contributed by atoms with Crippen LogP contribution in [0.4, 0.5) is 0 Å². The maximum absolute atomic E-state index is 11.1. The molecule has 0 aromatic rings. The number of esters is 1. The highest BCUT2D eigenvalue weighted by molar-refractivity contribution is 5.73. The van der Waals surface area contributed by atoms with Crippen molar-refractivity contribution in [3.63, 3.8) is 0 Å². The smallest absolute Gasteiger partial charge is 0.308 e. The summed E-state index contributed by atoms with van der Waals surface area (Å²) >= 11 is 0. The fraction of sp³-hybridized carbons (Fsp3) is 0.850. The second-order valence-electron chi connectivity index (χ2n) is 8.15. The van der Waals surface area contributed by atoms with E-state index in [1.165, 1.54) is 37.7 Å². The number of rotatable bonds is 4. The summed E-state index contributed by atoms with van der Waals surface area (Å²) in [6.07, 6.45) is 10.1. The number of fused-ring (bicyclic) bond motifs is 1. The van der Waals surface area contributed by atoms with Gasteiger partial charge in [0, 0.05) is 0 Å². The molecule has 0 amide bonds. The van der Waals surface area contributed by atoms with Crippen LogP contribution in [0.5, 0.6) is 0 Å². The quantitative estimate of drug-likeness (QED) is 0.474. The Morgan fingerprint density at radius 3 is 2.64 bits per heavy atom. The van der Waals surface area contributed by atoms with E-state index in [-0.39, 0.29) is 23.5 Å². The molecule has 0 aromatic heterocycles. The van der Waals surface area contributed by atoms with Crippen LogP contribution < -0.4 is 5.90 Å². The first kappa shape index (κ1) is 22.1. The maximum Gasteiger partial charge on any atom is 0.308 e. The zero-order valence-electron chi connectivity index (χ0n) is 16.1. The highest BCUT2D eigenvalue weighted by Gasteiger charge is 2.38. The average molecular weight is 356 g/mol. The number of hydrogen-bond acceptors (Lipinski definition) is 4.